The smallest absolute Gasteiger partial charge is 0.336 e. The van der Waals surface area contributed by atoms with Crippen molar-refractivity contribution in [1.82, 2.24) is 9.38 Å². The molecule has 0 fully saturated rings. The number of fused-ring (bicyclic) bond motifs is 1. The fraction of sp³-hybridized carbons (Fsp3) is 0.200. The zero-order valence-electron chi connectivity index (χ0n) is 17.3. The Morgan fingerprint density at radius 1 is 1.13 bits per heavy atom. The lowest BCUT2D eigenvalue weighted by Crippen LogP contribution is -2.09. The highest BCUT2D eigenvalue weighted by molar-refractivity contribution is 9.10. The highest BCUT2D eigenvalue weighted by Crippen LogP contribution is 2.32. The van der Waals surface area contributed by atoms with Crippen molar-refractivity contribution in [3.05, 3.63) is 93.3 Å². The monoisotopic (exact) mass is 478 g/mol. The molecular weight excluding hydrogens is 456 g/mol. The van der Waals surface area contributed by atoms with E-state index in [0.29, 0.717) is 16.8 Å². The Balaban J connectivity index is 1.84. The van der Waals surface area contributed by atoms with E-state index < -0.39 is 12.1 Å². The normalized spacial score (nSPS) is 12.3. The number of aliphatic hydroxyl groups is 1. The number of rotatable bonds is 6. The van der Waals surface area contributed by atoms with E-state index in [9.17, 15) is 15.0 Å². The molecule has 4 aromatic rings. The van der Waals surface area contributed by atoms with Crippen LogP contribution in [0.3, 0.4) is 0 Å². The molecule has 0 saturated heterocycles. The van der Waals surface area contributed by atoms with E-state index >= 15 is 0 Å². The van der Waals surface area contributed by atoms with Crippen LogP contribution in [0.25, 0.3) is 16.8 Å². The van der Waals surface area contributed by atoms with Crippen molar-refractivity contribution >= 4 is 27.5 Å². The zero-order valence-corrected chi connectivity index (χ0v) is 18.9. The molecule has 0 aliphatic heterocycles. The van der Waals surface area contributed by atoms with E-state index in [4.69, 9.17) is 4.98 Å². The quantitative estimate of drug-likeness (QED) is 0.366. The van der Waals surface area contributed by atoms with Crippen LogP contribution >= 0.6 is 15.9 Å². The molecule has 0 spiro atoms. The minimum absolute atomic E-state index is 0.155. The Hall–Kier alpha value is -2.96. The first-order chi connectivity index (χ1) is 14.9. The number of halogens is 1. The summed E-state index contributed by atoms with van der Waals surface area (Å²) in [6.07, 6.45) is 0.778. The van der Waals surface area contributed by atoms with Crippen LogP contribution in [0.15, 0.2) is 65.3 Å². The summed E-state index contributed by atoms with van der Waals surface area (Å²) < 4.78 is 2.73. The molecule has 4 rings (SSSR count). The van der Waals surface area contributed by atoms with E-state index in [-0.39, 0.29) is 5.56 Å². The summed E-state index contributed by atoms with van der Waals surface area (Å²) in [4.78, 5) is 16.7. The topological polar surface area (TPSA) is 74.8 Å². The summed E-state index contributed by atoms with van der Waals surface area (Å²) >= 11 is 3.65. The molecule has 0 amide bonds. The summed E-state index contributed by atoms with van der Waals surface area (Å²) in [6.45, 7) is 4.08. The van der Waals surface area contributed by atoms with Crippen LogP contribution in [-0.4, -0.2) is 25.6 Å². The van der Waals surface area contributed by atoms with Crippen LogP contribution in [0.4, 0.5) is 0 Å². The number of carbonyl (C=O) groups is 1. The maximum atomic E-state index is 12.0. The van der Waals surface area contributed by atoms with Gasteiger partial charge in [0.2, 0.25) is 0 Å². The molecule has 0 saturated carbocycles. The molecule has 158 valence electrons. The van der Waals surface area contributed by atoms with Gasteiger partial charge >= 0.3 is 5.97 Å². The number of benzene rings is 2. The first-order valence-corrected chi connectivity index (χ1v) is 11.0. The maximum absolute atomic E-state index is 12.0. The van der Waals surface area contributed by atoms with Crippen molar-refractivity contribution in [1.29, 1.82) is 0 Å². The van der Waals surface area contributed by atoms with Crippen molar-refractivity contribution in [2.75, 3.05) is 0 Å². The van der Waals surface area contributed by atoms with Gasteiger partial charge in [-0.3, -0.25) is 4.40 Å². The number of carboxylic acids is 1. The van der Waals surface area contributed by atoms with Gasteiger partial charge in [-0.2, -0.15) is 0 Å². The third kappa shape index (κ3) is 3.89. The Morgan fingerprint density at radius 3 is 2.55 bits per heavy atom. The summed E-state index contributed by atoms with van der Waals surface area (Å²) in [7, 11) is 0. The van der Waals surface area contributed by atoms with Gasteiger partial charge in [-0.1, -0.05) is 61.9 Å². The van der Waals surface area contributed by atoms with E-state index in [1.807, 2.05) is 53.8 Å². The van der Waals surface area contributed by atoms with Crippen LogP contribution in [-0.2, 0) is 6.42 Å². The van der Waals surface area contributed by atoms with Gasteiger partial charge in [-0.25, -0.2) is 9.78 Å². The lowest BCUT2D eigenvalue weighted by atomic mass is 9.95. The number of aromatic nitrogens is 2. The SMILES string of the molecule is CCCc1nc2c(C)ccc(C(O)c3ccc(-c4ccccc4)c(C(=O)O)c3)n2c1Br. The number of nitrogens with zero attached hydrogens (tertiary/aromatic N) is 2. The minimum atomic E-state index is -1.03. The standard InChI is InChI=1S/C25H23BrN2O3/c1-3-7-20-23(26)28-21(13-10-15(2)24(28)27-20)22(29)17-11-12-18(19(14-17)25(30)31)16-8-5-4-6-9-16/h4-6,8-14,22,29H,3,7H2,1-2H3,(H,30,31). The average molecular weight is 479 g/mol. The van der Waals surface area contributed by atoms with Crippen molar-refractivity contribution in [3.8, 4) is 11.1 Å². The van der Waals surface area contributed by atoms with Gasteiger partial charge in [-0.15, -0.1) is 0 Å². The fourth-order valence-electron chi connectivity index (χ4n) is 3.86. The molecule has 1 unspecified atom stereocenters. The largest absolute Gasteiger partial charge is 0.478 e. The van der Waals surface area contributed by atoms with Gasteiger partial charge < -0.3 is 10.2 Å². The van der Waals surface area contributed by atoms with Gasteiger partial charge in [0.25, 0.3) is 0 Å². The van der Waals surface area contributed by atoms with Crippen molar-refractivity contribution < 1.29 is 15.0 Å². The molecule has 2 aromatic carbocycles. The summed E-state index contributed by atoms with van der Waals surface area (Å²) in [6, 6.07) is 18.3. The van der Waals surface area contributed by atoms with Gasteiger partial charge in [-0.05, 0) is 63.7 Å². The molecule has 0 bridgehead atoms. The van der Waals surface area contributed by atoms with Crippen LogP contribution in [0, 0.1) is 6.92 Å². The molecule has 5 nitrogen and oxygen atoms in total. The molecule has 0 aliphatic carbocycles. The van der Waals surface area contributed by atoms with E-state index in [2.05, 4.69) is 22.9 Å². The third-order valence-corrected chi connectivity index (χ3v) is 6.26. The number of hydrogen-bond acceptors (Lipinski definition) is 3. The van der Waals surface area contributed by atoms with Gasteiger partial charge in [0.15, 0.2) is 0 Å². The number of carboxylic acid groups (broad SMARTS) is 1. The first-order valence-electron chi connectivity index (χ1n) is 10.2. The maximum Gasteiger partial charge on any atom is 0.336 e. The van der Waals surface area contributed by atoms with Crippen molar-refractivity contribution in [2.45, 2.75) is 32.8 Å². The molecule has 1 atom stereocenters. The molecule has 2 N–H and O–H groups in total. The predicted molar refractivity (Wildman–Crippen MR) is 125 cm³/mol. The second-order valence-corrected chi connectivity index (χ2v) is 8.33. The number of imidazole rings is 1. The molecule has 0 aliphatic rings. The Morgan fingerprint density at radius 2 is 1.87 bits per heavy atom. The highest BCUT2D eigenvalue weighted by Gasteiger charge is 2.22. The van der Waals surface area contributed by atoms with Crippen LogP contribution in [0.5, 0.6) is 0 Å². The molecule has 31 heavy (non-hydrogen) atoms. The number of aromatic carboxylic acids is 1. The predicted octanol–water partition coefficient (Wildman–Crippen LogP) is 5.80. The Kier molecular flexibility index (Phi) is 5.94. The van der Waals surface area contributed by atoms with Crippen molar-refractivity contribution in [2.24, 2.45) is 0 Å². The number of pyridine rings is 1. The molecular formula is C25H23BrN2O3. The average Bonchev–Trinajstić information content (AvgIpc) is 3.11. The van der Waals surface area contributed by atoms with Gasteiger partial charge in [0.05, 0.1) is 17.0 Å². The number of aryl methyl sites for hydroxylation is 2. The lowest BCUT2D eigenvalue weighted by molar-refractivity contribution is 0.0697. The molecule has 2 heterocycles. The molecule has 2 aromatic heterocycles. The summed E-state index contributed by atoms with van der Waals surface area (Å²) in [5.41, 5.74) is 5.47. The van der Waals surface area contributed by atoms with E-state index in [1.165, 1.54) is 0 Å². The fourth-order valence-corrected chi connectivity index (χ4v) is 4.52. The van der Waals surface area contributed by atoms with E-state index in [0.717, 1.165) is 39.9 Å². The Labute approximate surface area is 189 Å². The van der Waals surface area contributed by atoms with Crippen LogP contribution < -0.4 is 0 Å². The van der Waals surface area contributed by atoms with Gasteiger partial charge in [0, 0.05) is 0 Å². The second kappa shape index (κ2) is 8.65. The summed E-state index contributed by atoms with van der Waals surface area (Å²) in [5, 5.41) is 21.1. The number of hydrogen-bond donors (Lipinski definition) is 2. The van der Waals surface area contributed by atoms with E-state index in [1.54, 1.807) is 18.2 Å². The van der Waals surface area contributed by atoms with Crippen LogP contribution in [0.2, 0.25) is 0 Å². The third-order valence-electron chi connectivity index (χ3n) is 5.44. The minimum Gasteiger partial charge on any atom is -0.478 e. The molecule has 0 radical (unpaired) electrons. The van der Waals surface area contributed by atoms with Gasteiger partial charge in [0.1, 0.15) is 16.4 Å². The summed E-state index contributed by atoms with van der Waals surface area (Å²) in [5.74, 6) is -1.03. The van der Waals surface area contributed by atoms with Crippen LogP contribution in [0.1, 0.15) is 52.3 Å². The number of aliphatic hydroxyl groups excluding tert-OH is 1. The molecule has 6 heteroatoms. The first kappa shape index (κ1) is 21.3. The zero-order chi connectivity index (χ0) is 22.1. The second-order valence-electron chi connectivity index (χ2n) is 7.58. The van der Waals surface area contributed by atoms with Crippen molar-refractivity contribution in [3.63, 3.8) is 0 Å². The lowest BCUT2D eigenvalue weighted by Gasteiger charge is -2.17. The Bertz CT molecular complexity index is 1260. The highest BCUT2D eigenvalue weighted by atomic mass is 79.9.